The van der Waals surface area contributed by atoms with Crippen LogP contribution < -0.4 is 0 Å². The van der Waals surface area contributed by atoms with Crippen LogP contribution in [0.5, 0.6) is 0 Å². The van der Waals surface area contributed by atoms with Crippen molar-refractivity contribution in [2.45, 2.75) is 65.1 Å². The third-order valence-corrected chi connectivity index (χ3v) is 11.3. The fraction of sp³-hybridized carbons (Fsp3) is 1.00. The summed E-state index contributed by atoms with van der Waals surface area (Å²) in [6.07, 6.45) is 2.46. The van der Waals surface area contributed by atoms with E-state index in [0.717, 1.165) is 6.61 Å². The van der Waals surface area contributed by atoms with Gasteiger partial charge in [-0.1, -0.05) is 52.6 Å². The van der Waals surface area contributed by atoms with E-state index in [-0.39, 0.29) is 0 Å². The lowest BCUT2D eigenvalue weighted by atomic mass is 10.2. The number of halogens is 1. The standard InChI is InChI=1S/C11H30ClNOSi3/c1-8-9-11(10-14-15-12)13(16(2,3)4)17(5,6)7/h11H,8-10,15H2,1-7H3. The number of rotatable bonds is 8. The second-order valence-electron chi connectivity index (χ2n) is 6.63. The van der Waals surface area contributed by atoms with Crippen molar-refractivity contribution in [3.05, 3.63) is 0 Å². The van der Waals surface area contributed by atoms with Crippen molar-refractivity contribution in [2.75, 3.05) is 6.61 Å². The highest BCUT2D eigenvalue weighted by molar-refractivity contribution is 6.90. The molecule has 0 spiro atoms. The van der Waals surface area contributed by atoms with E-state index in [4.69, 9.17) is 15.5 Å². The van der Waals surface area contributed by atoms with Gasteiger partial charge in [0.2, 0.25) is 0 Å². The second kappa shape index (κ2) is 7.45. The first-order chi connectivity index (χ1) is 7.64. The first-order valence-corrected chi connectivity index (χ1v) is 16.2. The van der Waals surface area contributed by atoms with Gasteiger partial charge in [-0.2, -0.15) is 0 Å². The third-order valence-electron chi connectivity index (χ3n) is 2.82. The minimum absolute atomic E-state index is 0.588. The molecule has 6 heteroatoms. The molecule has 0 N–H and O–H groups in total. The van der Waals surface area contributed by atoms with Crippen LogP contribution >= 0.6 is 11.1 Å². The molecule has 0 radical (unpaired) electrons. The maximum Gasteiger partial charge on any atom is 0.258 e. The van der Waals surface area contributed by atoms with Crippen molar-refractivity contribution < 1.29 is 4.43 Å². The van der Waals surface area contributed by atoms with Crippen molar-refractivity contribution in [3.63, 3.8) is 0 Å². The van der Waals surface area contributed by atoms with Crippen molar-refractivity contribution in [3.8, 4) is 0 Å². The summed E-state index contributed by atoms with van der Waals surface area (Å²) in [5, 5.41) is 0. The van der Waals surface area contributed by atoms with Gasteiger partial charge in [0.05, 0.1) is 0 Å². The van der Waals surface area contributed by atoms with Crippen LogP contribution in [-0.2, 0) is 4.43 Å². The lowest BCUT2D eigenvalue weighted by Gasteiger charge is -2.48. The van der Waals surface area contributed by atoms with Crippen molar-refractivity contribution in [1.82, 2.24) is 4.23 Å². The van der Waals surface area contributed by atoms with Gasteiger partial charge < -0.3 is 8.66 Å². The Morgan fingerprint density at radius 3 is 1.88 bits per heavy atom. The Bertz CT molecular complexity index is 202. The normalized spacial score (nSPS) is 16.1. The molecule has 1 atom stereocenters. The molecule has 17 heavy (non-hydrogen) atoms. The number of hydrogen-bond acceptors (Lipinski definition) is 2. The van der Waals surface area contributed by atoms with Gasteiger partial charge in [0, 0.05) is 12.6 Å². The highest BCUT2D eigenvalue weighted by atomic mass is 35.6. The van der Waals surface area contributed by atoms with Crippen LogP contribution in [0.1, 0.15) is 19.8 Å². The quantitative estimate of drug-likeness (QED) is 0.503. The van der Waals surface area contributed by atoms with Crippen LogP contribution in [0.15, 0.2) is 0 Å². The lowest BCUT2D eigenvalue weighted by molar-refractivity contribution is 0.244. The largest absolute Gasteiger partial charge is 0.406 e. The Morgan fingerprint density at radius 1 is 1.12 bits per heavy atom. The summed E-state index contributed by atoms with van der Waals surface area (Å²) in [5.74, 6) is 0. The molecule has 0 aromatic heterocycles. The third kappa shape index (κ3) is 6.54. The van der Waals surface area contributed by atoms with E-state index in [1.165, 1.54) is 12.8 Å². The Morgan fingerprint density at radius 2 is 1.59 bits per heavy atom. The van der Waals surface area contributed by atoms with E-state index in [1.54, 1.807) is 0 Å². The molecule has 0 amide bonds. The molecule has 104 valence electrons. The highest BCUT2D eigenvalue weighted by Gasteiger charge is 2.38. The van der Waals surface area contributed by atoms with Crippen molar-refractivity contribution >= 4 is 36.6 Å². The average molecular weight is 312 g/mol. The molecular weight excluding hydrogens is 282 g/mol. The van der Waals surface area contributed by atoms with E-state index in [0.29, 0.717) is 6.04 Å². The van der Waals surface area contributed by atoms with Gasteiger partial charge in [-0.3, -0.25) is 0 Å². The zero-order valence-electron chi connectivity index (χ0n) is 12.6. The molecule has 0 rings (SSSR count). The molecule has 0 aliphatic rings. The molecule has 0 aliphatic heterocycles. The Balaban J connectivity index is 4.94. The van der Waals surface area contributed by atoms with Crippen molar-refractivity contribution in [1.29, 1.82) is 0 Å². The van der Waals surface area contributed by atoms with Gasteiger partial charge in [0.25, 0.3) is 9.07 Å². The average Bonchev–Trinajstić information content (AvgIpc) is 2.09. The molecule has 2 nitrogen and oxygen atoms in total. The predicted molar refractivity (Wildman–Crippen MR) is 87.6 cm³/mol. The van der Waals surface area contributed by atoms with Crippen molar-refractivity contribution in [2.24, 2.45) is 0 Å². The van der Waals surface area contributed by atoms with Crippen LogP contribution in [0, 0.1) is 0 Å². The Labute approximate surface area is 117 Å². The smallest absolute Gasteiger partial charge is 0.258 e. The zero-order valence-corrected chi connectivity index (χ0v) is 16.8. The molecule has 0 aliphatic carbocycles. The summed E-state index contributed by atoms with van der Waals surface area (Å²) >= 11 is 5.80. The molecule has 0 saturated heterocycles. The summed E-state index contributed by atoms with van der Waals surface area (Å²) in [6.45, 7) is 17.8. The first kappa shape index (κ1) is 17.9. The Hall–Kier alpha value is 0.861. The lowest BCUT2D eigenvalue weighted by Crippen LogP contribution is -2.64. The molecule has 0 saturated carbocycles. The van der Waals surface area contributed by atoms with Gasteiger partial charge in [-0.15, -0.1) is 11.1 Å². The maximum absolute atomic E-state index is 5.80. The van der Waals surface area contributed by atoms with E-state index in [1.807, 2.05) is 0 Å². The van der Waals surface area contributed by atoms with E-state index >= 15 is 0 Å². The summed E-state index contributed by atoms with van der Waals surface area (Å²) in [5.41, 5.74) is 0. The van der Waals surface area contributed by atoms with Crippen LogP contribution in [0.25, 0.3) is 0 Å². The van der Waals surface area contributed by atoms with Crippen LogP contribution in [0.3, 0.4) is 0 Å². The van der Waals surface area contributed by atoms with Gasteiger partial charge in [-0.25, -0.2) is 0 Å². The summed E-state index contributed by atoms with van der Waals surface area (Å²) in [6, 6.07) is 0.588. The molecule has 0 fully saturated rings. The summed E-state index contributed by atoms with van der Waals surface area (Å²) in [4.78, 5) is 0. The van der Waals surface area contributed by atoms with Gasteiger partial charge in [0.15, 0.2) is 0 Å². The predicted octanol–water partition coefficient (Wildman–Crippen LogP) is 3.38. The molecule has 0 aromatic carbocycles. The highest BCUT2D eigenvalue weighted by Crippen LogP contribution is 2.25. The molecular formula is C11H30ClNOSi3. The monoisotopic (exact) mass is 311 g/mol. The Kier molecular flexibility index (Phi) is 7.83. The van der Waals surface area contributed by atoms with E-state index in [2.05, 4.69) is 50.4 Å². The van der Waals surface area contributed by atoms with Crippen LogP contribution in [0.2, 0.25) is 39.3 Å². The number of nitrogens with zero attached hydrogens (tertiary/aromatic N) is 1. The molecule has 1 unspecified atom stereocenters. The summed E-state index contributed by atoms with van der Waals surface area (Å²) < 4.78 is 8.48. The van der Waals surface area contributed by atoms with Gasteiger partial charge in [-0.05, 0) is 6.42 Å². The SMILES string of the molecule is CCCC(CO[SiH2]Cl)N([Si](C)(C)C)[Si](C)(C)C. The summed E-state index contributed by atoms with van der Waals surface area (Å²) in [7, 11) is -3.36. The zero-order chi connectivity index (χ0) is 13.7. The van der Waals surface area contributed by atoms with Crippen LogP contribution in [-0.4, -0.2) is 42.4 Å². The maximum atomic E-state index is 5.80. The van der Waals surface area contributed by atoms with E-state index in [9.17, 15) is 0 Å². The molecule has 0 bridgehead atoms. The van der Waals surface area contributed by atoms with Gasteiger partial charge >= 0.3 is 0 Å². The fourth-order valence-corrected chi connectivity index (χ4v) is 14.2. The molecule has 0 aromatic rings. The topological polar surface area (TPSA) is 12.5 Å². The fourth-order valence-electron chi connectivity index (χ4n) is 2.90. The first-order valence-electron chi connectivity index (χ1n) is 6.57. The minimum Gasteiger partial charge on any atom is -0.406 e. The second-order valence-corrected chi connectivity index (χ2v) is 18.0. The van der Waals surface area contributed by atoms with Crippen LogP contribution in [0.4, 0.5) is 0 Å². The number of hydrogen-bond donors (Lipinski definition) is 0. The molecule has 0 heterocycles. The van der Waals surface area contributed by atoms with E-state index < -0.39 is 25.5 Å². The minimum atomic E-state index is -1.28. The van der Waals surface area contributed by atoms with Gasteiger partial charge in [0.1, 0.15) is 16.5 Å².